The first-order valence-electron chi connectivity index (χ1n) is 2.83. The Labute approximate surface area is 57.8 Å². The lowest BCUT2D eigenvalue weighted by molar-refractivity contribution is -0.656. The van der Waals surface area contributed by atoms with E-state index in [4.69, 9.17) is 10.2 Å². The van der Waals surface area contributed by atoms with Crippen molar-refractivity contribution in [3.8, 4) is 0 Å². The summed E-state index contributed by atoms with van der Waals surface area (Å²) < 4.78 is 0. The molecule has 0 fully saturated rings. The zero-order chi connectivity index (χ0) is 7.98. The lowest BCUT2D eigenvalue weighted by Gasteiger charge is -2.09. The maximum absolute atomic E-state index is 9.99. The van der Waals surface area contributed by atoms with Crippen molar-refractivity contribution in [3.63, 3.8) is 0 Å². The summed E-state index contributed by atoms with van der Waals surface area (Å²) in [5, 5.41) is 26.7. The molecule has 0 bridgehead atoms. The quantitative estimate of drug-likeness (QED) is 0.366. The minimum atomic E-state index is -0.646. The molecule has 2 N–H and O–H groups in total. The lowest BCUT2D eigenvalue weighted by Crippen LogP contribution is -2.34. The Morgan fingerprint density at radius 1 is 1.30 bits per heavy atom. The summed E-state index contributed by atoms with van der Waals surface area (Å²) in [5.74, 6) is 0. The van der Waals surface area contributed by atoms with Gasteiger partial charge in [-0.15, -0.1) is 5.01 Å². The van der Waals surface area contributed by atoms with Gasteiger partial charge in [0, 0.05) is 0 Å². The summed E-state index contributed by atoms with van der Waals surface area (Å²) in [6.45, 7) is -0.650. The zero-order valence-electron chi connectivity index (χ0n) is 5.43. The molecule has 0 aromatic rings. The van der Waals surface area contributed by atoms with E-state index in [1.165, 1.54) is 0 Å². The molecule has 0 spiro atoms. The minimum Gasteiger partial charge on any atom is -0.394 e. The first-order chi connectivity index (χ1) is 4.72. The van der Waals surface area contributed by atoms with Crippen LogP contribution in [0, 0.1) is 10.1 Å². The molecule has 0 rings (SSSR count). The van der Waals surface area contributed by atoms with E-state index in [1.54, 1.807) is 0 Å². The molecule has 0 saturated carbocycles. The van der Waals surface area contributed by atoms with Gasteiger partial charge in [-0.25, -0.2) is 10.1 Å². The molecule has 0 amide bonds. The lowest BCUT2D eigenvalue weighted by atomic mass is 10.6. The van der Waals surface area contributed by atoms with Crippen LogP contribution in [0.3, 0.4) is 0 Å². The van der Waals surface area contributed by atoms with Gasteiger partial charge < -0.3 is 10.2 Å². The Morgan fingerprint density at radius 3 is 1.90 bits per heavy atom. The van der Waals surface area contributed by atoms with Gasteiger partial charge >= 0.3 is 0 Å². The third-order valence-electron chi connectivity index (χ3n) is 0.947. The number of rotatable bonds is 5. The van der Waals surface area contributed by atoms with Gasteiger partial charge in [-0.2, -0.15) is 0 Å². The molecule has 0 atom stereocenters. The fourth-order valence-electron chi connectivity index (χ4n) is 0.506. The zero-order valence-corrected chi connectivity index (χ0v) is 5.43. The van der Waals surface area contributed by atoms with E-state index in [-0.39, 0.29) is 26.3 Å². The molecule has 0 aliphatic carbocycles. The second-order valence-electron chi connectivity index (χ2n) is 1.64. The summed E-state index contributed by atoms with van der Waals surface area (Å²) in [4.78, 5) is 9.99. The second-order valence-corrected chi connectivity index (χ2v) is 1.64. The smallest absolute Gasteiger partial charge is 0.160 e. The summed E-state index contributed by atoms with van der Waals surface area (Å²) in [5.41, 5.74) is 0. The van der Waals surface area contributed by atoms with Crippen molar-refractivity contribution in [2.75, 3.05) is 26.3 Å². The van der Waals surface area contributed by atoms with Crippen molar-refractivity contribution in [2.24, 2.45) is 0 Å². The van der Waals surface area contributed by atoms with Crippen molar-refractivity contribution in [1.82, 2.24) is 5.01 Å². The van der Waals surface area contributed by atoms with E-state index >= 15 is 0 Å². The number of aliphatic hydroxyl groups is 2. The Hall–Kier alpha value is -0.880. The molecule has 0 saturated heterocycles. The van der Waals surface area contributed by atoms with Gasteiger partial charge in [0.2, 0.25) is 0 Å². The van der Waals surface area contributed by atoms with Crippen LogP contribution in [0.15, 0.2) is 0 Å². The molecule has 10 heavy (non-hydrogen) atoms. The third kappa shape index (κ3) is 3.21. The molecular weight excluding hydrogens is 140 g/mol. The maximum Gasteiger partial charge on any atom is 0.160 e. The monoisotopic (exact) mass is 150 g/mol. The van der Waals surface area contributed by atoms with Crippen LogP contribution < -0.4 is 0 Å². The standard InChI is InChI=1S/C4H10N2O4/c7-3-1-5(2-4-8)6(9)10/h7-8H,1-4H2. The van der Waals surface area contributed by atoms with Crippen LogP contribution in [-0.2, 0) is 0 Å². The van der Waals surface area contributed by atoms with Crippen molar-refractivity contribution in [1.29, 1.82) is 0 Å². The number of aliphatic hydroxyl groups excluding tert-OH is 2. The molecule has 0 aliphatic rings. The third-order valence-corrected chi connectivity index (χ3v) is 0.947. The highest BCUT2D eigenvalue weighted by Gasteiger charge is 2.10. The van der Waals surface area contributed by atoms with E-state index in [2.05, 4.69) is 0 Å². The average molecular weight is 150 g/mol. The van der Waals surface area contributed by atoms with E-state index < -0.39 is 5.03 Å². The summed E-state index contributed by atoms with van der Waals surface area (Å²) >= 11 is 0. The van der Waals surface area contributed by atoms with Crippen LogP contribution in [0.2, 0.25) is 0 Å². The SMILES string of the molecule is O=[N+]([O-])N(CCO)CCO. The fraction of sp³-hybridized carbons (Fsp3) is 1.00. The normalized spacial score (nSPS) is 9.40. The molecule has 0 aromatic heterocycles. The van der Waals surface area contributed by atoms with Gasteiger partial charge in [0.05, 0.1) is 13.2 Å². The largest absolute Gasteiger partial charge is 0.394 e. The van der Waals surface area contributed by atoms with E-state index in [0.717, 1.165) is 5.01 Å². The predicted molar refractivity (Wildman–Crippen MR) is 32.7 cm³/mol. The highest BCUT2D eigenvalue weighted by molar-refractivity contribution is 4.40. The van der Waals surface area contributed by atoms with E-state index in [0.29, 0.717) is 0 Å². The molecule has 6 heteroatoms. The Kier molecular flexibility index (Phi) is 4.51. The van der Waals surface area contributed by atoms with Crippen molar-refractivity contribution in [3.05, 3.63) is 10.1 Å². The molecule has 0 heterocycles. The van der Waals surface area contributed by atoms with Crippen molar-refractivity contribution in [2.45, 2.75) is 0 Å². The maximum atomic E-state index is 9.99. The first-order valence-corrected chi connectivity index (χ1v) is 2.83. The highest BCUT2D eigenvalue weighted by atomic mass is 16.7. The number of hydrogen-bond acceptors (Lipinski definition) is 4. The van der Waals surface area contributed by atoms with E-state index in [1.807, 2.05) is 0 Å². The topological polar surface area (TPSA) is 86.8 Å². The number of hydrazine groups is 1. The van der Waals surface area contributed by atoms with Gasteiger partial charge in [-0.3, -0.25) is 0 Å². The van der Waals surface area contributed by atoms with Gasteiger partial charge in [0.1, 0.15) is 13.1 Å². The molecule has 60 valence electrons. The van der Waals surface area contributed by atoms with Gasteiger partial charge in [0.15, 0.2) is 5.03 Å². The van der Waals surface area contributed by atoms with Gasteiger partial charge in [-0.05, 0) is 0 Å². The molecule has 0 aromatic carbocycles. The van der Waals surface area contributed by atoms with Gasteiger partial charge in [-0.1, -0.05) is 0 Å². The van der Waals surface area contributed by atoms with Crippen LogP contribution in [0.5, 0.6) is 0 Å². The molecule has 0 aliphatic heterocycles. The highest BCUT2D eigenvalue weighted by Crippen LogP contribution is 1.85. The molecule has 0 radical (unpaired) electrons. The van der Waals surface area contributed by atoms with Gasteiger partial charge in [0.25, 0.3) is 0 Å². The van der Waals surface area contributed by atoms with Crippen molar-refractivity contribution < 1.29 is 15.2 Å². The van der Waals surface area contributed by atoms with E-state index in [9.17, 15) is 10.1 Å². The fourth-order valence-corrected chi connectivity index (χ4v) is 0.506. The Morgan fingerprint density at radius 2 is 1.70 bits per heavy atom. The second kappa shape index (κ2) is 4.95. The Balaban J connectivity index is 3.61. The van der Waals surface area contributed by atoms with Crippen molar-refractivity contribution >= 4 is 0 Å². The number of nitro groups is 1. The number of hydrogen-bond donors (Lipinski definition) is 2. The van der Waals surface area contributed by atoms with Crippen LogP contribution in [-0.4, -0.2) is 46.6 Å². The van der Waals surface area contributed by atoms with Crippen LogP contribution in [0.25, 0.3) is 0 Å². The van der Waals surface area contributed by atoms with Crippen LogP contribution in [0.4, 0.5) is 0 Å². The number of nitrogens with zero attached hydrogens (tertiary/aromatic N) is 2. The molecular formula is C4H10N2O4. The molecule has 0 unspecified atom stereocenters. The van der Waals surface area contributed by atoms with Crippen LogP contribution >= 0.6 is 0 Å². The summed E-state index contributed by atoms with van der Waals surface area (Å²) in [7, 11) is 0. The van der Waals surface area contributed by atoms with Crippen LogP contribution in [0.1, 0.15) is 0 Å². The molecule has 6 nitrogen and oxygen atoms in total. The average Bonchev–Trinajstić information content (AvgIpc) is 1.87. The first kappa shape index (κ1) is 9.12. The summed E-state index contributed by atoms with van der Waals surface area (Å²) in [6.07, 6.45) is 0. The summed E-state index contributed by atoms with van der Waals surface area (Å²) in [6, 6.07) is 0. The predicted octanol–water partition coefficient (Wildman–Crippen LogP) is -1.54. The Bertz CT molecular complexity index is 101. The minimum absolute atomic E-state index is 0.0481.